The Hall–Kier alpha value is -0.340. The lowest BCUT2D eigenvalue weighted by atomic mass is 9.91. The largest absolute Gasteiger partial charge is 0.376 e. The molecule has 13 heavy (non-hydrogen) atoms. The van der Waals surface area contributed by atoms with Gasteiger partial charge in [-0.15, -0.1) is 0 Å². The summed E-state index contributed by atoms with van der Waals surface area (Å²) in [4.78, 5) is 0.481. The minimum Gasteiger partial charge on any atom is -0.376 e. The van der Waals surface area contributed by atoms with Crippen LogP contribution in [0, 0.1) is 0 Å². The van der Waals surface area contributed by atoms with E-state index in [0.717, 1.165) is 13.2 Å². The molecule has 0 saturated heterocycles. The molecule has 0 aliphatic carbocycles. The molecule has 1 heterocycles. The van der Waals surface area contributed by atoms with Gasteiger partial charge in [-0.1, -0.05) is 47.1 Å². The number of benzene rings is 1. The lowest BCUT2D eigenvalue weighted by Crippen LogP contribution is -2.22. The Bertz CT molecular complexity index is 296. The first-order valence-electron chi connectivity index (χ1n) is 4.58. The van der Waals surface area contributed by atoms with E-state index in [1.165, 1.54) is 11.1 Å². The summed E-state index contributed by atoms with van der Waals surface area (Å²) in [6.45, 7) is 3.78. The number of alkyl halides is 1. The van der Waals surface area contributed by atoms with Crippen LogP contribution in [0.1, 0.15) is 24.0 Å². The summed E-state index contributed by atoms with van der Waals surface area (Å²) in [6, 6.07) is 8.53. The molecule has 2 unspecified atom stereocenters. The van der Waals surface area contributed by atoms with Crippen molar-refractivity contribution in [3.05, 3.63) is 35.4 Å². The Kier molecular flexibility index (Phi) is 2.70. The third-order valence-electron chi connectivity index (χ3n) is 2.56. The van der Waals surface area contributed by atoms with E-state index in [2.05, 4.69) is 47.1 Å². The van der Waals surface area contributed by atoms with Gasteiger partial charge in [-0.2, -0.15) is 0 Å². The van der Waals surface area contributed by atoms with Crippen LogP contribution in [0.3, 0.4) is 0 Å². The van der Waals surface area contributed by atoms with Crippen molar-refractivity contribution in [1.82, 2.24) is 0 Å². The van der Waals surface area contributed by atoms with E-state index in [1.807, 2.05) is 0 Å². The summed E-state index contributed by atoms with van der Waals surface area (Å²) < 4.78 is 5.54. The number of hydrogen-bond acceptors (Lipinski definition) is 1. The van der Waals surface area contributed by atoms with Gasteiger partial charge < -0.3 is 4.74 Å². The lowest BCUT2D eigenvalue weighted by molar-refractivity contribution is 0.0917. The second-order valence-electron chi connectivity index (χ2n) is 3.50. The smallest absolute Gasteiger partial charge is 0.0719 e. The predicted molar refractivity (Wildman–Crippen MR) is 57.2 cm³/mol. The predicted octanol–water partition coefficient (Wildman–Crippen LogP) is 3.08. The standard InChI is InChI=1S/C11H13BrO/c1-8(12)11-7-13-6-9-4-2-3-5-10(9)11/h2-5,8,11H,6-7H2,1H3. The fourth-order valence-electron chi connectivity index (χ4n) is 1.79. The lowest BCUT2D eigenvalue weighted by Gasteiger charge is -2.27. The maximum Gasteiger partial charge on any atom is 0.0719 e. The highest BCUT2D eigenvalue weighted by atomic mass is 79.9. The number of rotatable bonds is 1. The number of ether oxygens (including phenoxy) is 1. The van der Waals surface area contributed by atoms with E-state index in [1.54, 1.807) is 0 Å². The molecule has 0 amide bonds. The van der Waals surface area contributed by atoms with Gasteiger partial charge >= 0.3 is 0 Å². The summed E-state index contributed by atoms with van der Waals surface area (Å²) >= 11 is 3.63. The third kappa shape index (κ3) is 1.79. The molecular weight excluding hydrogens is 228 g/mol. The normalized spacial score (nSPS) is 23.7. The van der Waals surface area contributed by atoms with Gasteiger partial charge in [0.25, 0.3) is 0 Å². The fourth-order valence-corrected chi connectivity index (χ4v) is 2.23. The first-order chi connectivity index (χ1) is 6.29. The minimum atomic E-state index is 0.481. The Morgan fingerprint density at radius 3 is 3.00 bits per heavy atom. The maximum atomic E-state index is 5.54. The molecule has 1 aromatic carbocycles. The number of fused-ring (bicyclic) bond motifs is 1. The van der Waals surface area contributed by atoms with Gasteiger partial charge in [0.05, 0.1) is 13.2 Å². The summed E-state index contributed by atoms with van der Waals surface area (Å²) in [5, 5.41) is 0. The van der Waals surface area contributed by atoms with Gasteiger partial charge in [0.1, 0.15) is 0 Å². The summed E-state index contributed by atoms with van der Waals surface area (Å²) in [5.41, 5.74) is 2.78. The van der Waals surface area contributed by atoms with Crippen molar-refractivity contribution in [1.29, 1.82) is 0 Å². The monoisotopic (exact) mass is 240 g/mol. The van der Waals surface area contributed by atoms with Crippen molar-refractivity contribution in [2.45, 2.75) is 24.3 Å². The van der Waals surface area contributed by atoms with Crippen LogP contribution in [0.15, 0.2) is 24.3 Å². The molecular formula is C11H13BrO. The molecule has 2 heteroatoms. The van der Waals surface area contributed by atoms with Crippen molar-refractivity contribution in [3.63, 3.8) is 0 Å². The van der Waals surface area contributed by atoms with Crippen LogP contribution in [0.4, 0.5) is 0 Å². The van der Waals surface area contributed by atoms with E-state index in [9.17, 15) is 0 Å². The van der Waals surface area contributed by atoms with Crippen molar-refractivity contribution < 1.29 is 4.74 Å². The molecule has 0 saturated carbocycles. The van der Waals surface area contributed by atoms with Gasteiger partial charge in [0.15, 0.2) is 0 Å². The van der Waals surface area contributed by atoms with E-state index in [0.29, 0.717) is 10.7 Å². The second kappa shape index (κ2) is 3.81. The van der Waals surface area contributed by atoms with Crippen molar-refractivity contribution in [3.8, 4) is 0 Å². The van der Waals surface area contributed by atoms with Crippen LogP contribution >= 0.6 is 15.9 Å². The molecule has 0 fully saturated rings. The van der Waals surface area contributed by atoms with E-state index in [4.69, 9.17) is 4.74 Å². The highest BCUT2D eigenvalue weighted by molar-refractivity contribution is 9.09. The first-order valence-corrected chi connectivity index (χ1v) is 5.50. The fraction of sp³-hybridized carbons (Fsp3) is 0.455. The molecule has 1 aliphatic heterocycles. The molecule has 2 rings (SSSR count). The van der Waals surface area contributed by atoms with Crippen LogP contribution < -0.4 is 0 Å². The Labute approximate surface area is 87.2 Å². The molecule has 1 aromatic rings. The summed E-state index contributed by atoms with van der Waals surface area (Å²) in [7, 11) is 0. The topological polar surface area (TPSA) is 9.23 Å². The van der Waals surface area contributed by atoms with Crippen LogP contribution in [0.2, 0.25) is 0 Å². The number of hydrogen-bond donors (Lipinski definition) is 0. The van der Waals surface area contributed by atoms with E-state index >= 15 is 0 Å². The quantitative estimate of drug-likeness (QED) is 0.686. The molecule has 0 spiro atoms. The zero-order valence-electron chi connectivity index (χ0n) is 7.66. The van der Waals surface area contributed by atoms with Gasteiger partial charge in [0, 0.05) is 10.7 Å². The van der Waals surface area contributed by atoms with E-state index in [-0.39, 0.29) is 0 Å². The average Bonchev–Trinajstić information content (AvgIpc) is 2.17. The van der Waals surface area contributed by atoms with Gasteiger partial charge in [-0.25, -0.2) is 0 Å². The summed E-state index contributed by atoms with van der Waals surface area (Å²) in [5.74, 6) is 0.505. The van der Waals surface area contributed by atoms with Crippen molar-refractivity contribution >= 4 is 15.9 Å². The highest BCUT2D eigenvalue weighted by Crippen LogP contribution is 2.31. The van der Waals surface area contributed by atoms with Crippen molar-refractivity contribution in [2.24, 2.45) is 0 Å². The second-order valence-corrected chi connectivity index (χ2v) is 4.94. The Morgan fingerprint density at radius 2 is 2.23 bits per heavy atom. The minimum absolute atomic E-state index is 0.481. The molecule has 0 radical (unpaired) electrons. The zero-order chi connectivity index (χ0) is 9.26. The van der Waals surface area contributed by atoms with Crippen LogP contribution in [-0.2, 0) is 11.3 Å². The van der Waals surface area contributed by atoms with Crippen molar-refractivity contribution in [2.75, 3.05) is 6.61 Å². The molecule has 70 valence electrons. The molecule has 2 atom stereocenters. The highest BCUT2D eigenvalue weighted by Gasteiger charge is 2.23. The number of halogens is 1. The molecule has 1 nitrogen and oxygen atoms in total. The van der Waals surface area contributed by atoms with Gasteiger partial charge in [0.2, 0.25) is 0 Å². The Morgan fingerprint density at radius 1 is 1.46 bits per heavy atom. The molecule has 0 aromatic heterocycles. The molecule has 0 N–H and O–H groups in total. The Balaban J connectivity index is 2.37. The van der Waals surface area contributed by atoms with Gasteiger partial charge in [-0.05, 0) is 11.1 Å². The first kappa shape index (κ1) is 9.22. The zero-order valence-corrected chi connectivity index (χ0v) is 9.25. The SMILES string of the molecule is CC(Br)C1COCc2ccccc21. The third-order valence-corrected chi connectivity index (χ3v) is 3.20. The average molecular weight is 241 g/mol. The summed E-state index contributed by atoms with van der Waals surface area (Å²) in [6.07, 6.45) is 0. The van der Waals surface area contributed by atoms with E-state index < -0.39 is 0 Å². The van der Waals surface area contributed by atoms with Crippen LogP contribution in [0.5, 0.6) is 0 Å². The maximum absolute atomic E-state index is 5.54. The molecule has 1 aliphatic rings. The molecule has 0 bridgehead atoms. The van der Waals surface area contributed by atoms with Gasteiger partial charge in [-0.3, -0.25) is 0 Å². The van der Waals surface area contributed by atoms with Crippen LogP contribution in [-0.4, -0.2) is 11.4 Å². The van der Waals surface area contributed by atoms with Crippen LogP contribution in [0.25, 0.3) is 0 Å².